The molecule has 1 aliphatic heterocycles. The first-order valence-electron chi connectivity index (χ1n) is 33.5. The normalized spacial score (nSPS) is 12.4. The fourth-order valence-electron chi connectivity index (χ4n) is 12.4. The average molecular weight is 1390 g/mol. The van der Waals surface area contributed by atoms with Crippen LogP contribution >= 0.6 is 0 Å². The molecule has 3 N–H and O–H groups in total. The number of hydrogen-bond acceptors (Lipinski definition) is 15. The SMILES string of the molecule is C.CC1(C)COC(c2ccccc2O)OC1.COc1c(C(=O)OCc2ccc(C)cc2)cc2ccccc2c1-c1c(OC)c(C(=O)Oc2ccccc2C)cc2ccccc12.Cc1ccc(COC(=O)c2cc3ccccc3c(-c3c(O)c(C(=O)Oc4ccccc4C)cc4ccccc34)c2O)cc1. The van der Waals surface area contributed by atoms with Crippen LogP contribution in [0.2, 0.25) is 0 Å². The maximum absolute atomic E-state index is 13.8. The Morgan fingerprint density at radius 3 is 1.13 bits per heavy atom. The fourth-order valence-corrected chi connectivity index (χ4v) is 12.4. The number of benzene rings is 13. The van der Waals surface area contributed by atoms with Crippen LogP contribution in [0.1, 0.15) is 108 Å². The summed E-state index contributed by atoms with van der Waals surface area (Å²) >= 11 is 0. The number of methoxy groups -OCH3 is 2. The molecule has 0 spiro atoms. The molecule has 0 aromatic heterocycles. The fraction of sp³-hybridized carbons (Fsp3) is 0.169. The Hall–Kier alpha value is -12.3. The van der Waals surface area contributed by atoms with Crippen LogP contribution < -0.4 is 18.9 Å². The smallest absolute Gasteiger partial charge is 0.347 e. The Morgan fingerprint density at radius 2 is 0.731 bits per heavy atom. The van der Waals surface area contributed by atoms with Gasteiger partial charge in [0.2, 0.25) is 0 Å². The molecule has 13 aromatic rings. The van der Waals surface area contributed by atoms with Gasteiger partial charge in [-0.15, -0.1) is 0 Å². The molecule has 1 heterocycles. The summed E-state index contributed by atoms with van der Waals surface area (Å²) in [4.78, 5) is 54.3. The van der Waals surface area contributed by atoms with Crippen LogP contribution in [0.5, 0.6) is 40.2 Å². The molecule has 1 aliphatic rings. The molecule has 0 unspecified atom stereocenters. The van der Waals surface area contributed by atoms with E-state index >= 15 is 0 Å². The van der Waals surface area contributed by atoms with Crippen molar-refractivity contribution in [1.29, 1.82) is 0 Å². The summed E-state index contributed by atoms with van der Waals surface area (Å²) in [7, 11) is 3.04. The van der Waals surface area contributed by atoms with E-state index < -0.39 is 30.2 Å². The standard InChI is InChI=1S/C39H32O6.C37H28O6.C12H16O3.CH4/c1-24-17-19-26(20-18-24)23-44-38(40)31-21-27-12-6-8-14-29(27)34(36(31)42-3)35-30-15-9-7-13-28(30)22-32(37(35)43-4)39(41)45-33-16-10-5-11-25(33)2;1-22-15-17-24(18-16-22)21-42-36(40)29-19-25-10-4-6-12-27(25)32(34(29)38)33-28-13-7-5-11-26(28)20-30(35(33)39)37(41)43-31-14-8-3-9-23(31)2;1-12(2)7-14-11(15-8-12)9-5-3-4-6-10(9)13;/h5-22H,23H2,1-4H3;3-20,38-39H,21H2,1-2H3;3-6,11,13H,7-8H2,1-2H3;1H4. The maximum Gasteiger partial charge on any atom is 0.347 e. The van der Waals surface area contributed by atoms with Crippen molar-refractivity contribution < 1.29 is 72.4 Å². The van der Waals surface area contributed by atoms with Crippen LogP contribution in [0.4, 0.5) is 0 Å². The van der Waals surface area contributed by atoms with Gasteiger partial charge in [0.25, 0.3) is 0 Å². The lowest BCUT2D eigenvalue weighted by molar-refractivity contribution is -0.226. The molecular weight excluding hydrogens is 1310 g/mol. The molecule has 0 atom stereocenters. The zero-order chi connectivity index (χ0) is 72.5. The van der Waals surface area contributed by atoms with Crippen LogP contribution in [0.15, 0.2) is 243 Å². The number of aryl methyl sites for hydroxylation is 4. The van der Waals surface area contributed by atoms with Gasteiger partial charge in [0.15, 0.2) is 6.29 Å². The third-order valence-electron chi connectivity index (χ3n) is 17.9. The second-order valence-electron chi connectivity index (χ2n) is 26.0. The van der Waals surface area contributed by atoms with Crippen molar-refractivity contribution in [3.8, 4) is 62.5 Å². The number of ether oxygens (including phenoxy) is 8. The average Bonchev–Trinajstić information content (AvgIpc) is 0.743. The van der Waals surface area contributed by atoms with Crippen molar-refractivity contribution in [3.63, 3.8) is 0 Å². The number of aromatic hydroxyl groups is 3. The Labute approximate surface area is 603 Å². The Balaban J connectivity index is 0.000000172. The molecule has 1 fully saturated rings. The molecule has 0 amide bonds. The number of carbonyl (C=O) groups is 4. The molecule has 0 radical (unpaired) electrons. The Morgan fingerprint density at radius 1 is 0.404 bits per heavy atom. The molecule has 104 heavy (non-hydrogen) atoms. The second-order valence-corrected chi connectivity index (χ2v) is 26.0. The van der Waals surface area contributed by atoms with E-state index in [2.05, 4.69) is 13.8 Å². The van der Waals surface area contributed by atoms with Crippen molar-refractivity contribution in [3.05, 3.63) is 304 Å². The Bertz CT molecular complexity index is 5340. The summed E-state index contributed by atoms with van der Waals surface area (Å²) in [6.07, 6.45) is -0.431. The van der Waals surface area contributed by atoms with Gasteiger partial charge in [-0.05, 0) is 136 Å². The Kier molecular flexibility index (Phi) is 22.5. The van der Waals surface area contributed by atoms with E-state index in [0.717, 1.165) is 54.9 Å². The van der Waals surface area contributed by atoms with E-state index in [4.69, 9.17) is 37.9 Å². The second kappa shape index (κ2) is 32.1. The minimum absolute atomic E-state index is 0. The molecule has 13 aromatic carbocycles. The topological polar surface area (TPSA) is 203 Å². The third-order valence-corrected chi connectivity index (χ3v) is 17.9. The lowest BCUT2D eigenvalue weighted by Gasteiger charge is -2.34. The first-order valence-corrected chi connectivity index (χ1v) is 33.5. The highest BCUT2D eigenvalue weighted by molar-refractivity contribution is 6.18. The number of phenolic OH excluding ortho intramolecular Hbond substituents is 3. The number of para-hydroxylation sites is 3. The van der Waals surface area contributed by atoms with Crippen LogP contribution in [0.25, 0.3) is 65.3 Å². The number of carbonyl (C=O) groups excluding carboxylic acids is 4. The summed E-state index contributed by atoms with van der Waals surface area (Å²) in [6.45, 7) is 13.3. The highest BCUT2D eigenvalue weighted by Crippen LogP contribution is 2.51. The molecule has 15 nitrogen and oxygen atoms in total. The number of rotatable bonds is 15. The third kappa shape index (κ3) is 15.9. The van der Waals surface area contributed by atoms with Gasteiger partial charge in [0.05, 0.1) is 27.4 Å². The summed E-state index contributed by atoms with van der Waals surface area (Å²) in [5.74, 6) is -1.63. The highest BCUT2D eigenvalue weighted by atomic mass is 16.7. The first-order chi connectivity index (χ1) is 49.8. The van der Waals surface area contributed by atoms with E-state index in [1.165, 1.54) is 14.2 Å². The van der Waals surface area contributed by atoms with Gasteiger partial charge >= 0.3 is 23.9 Å². The predicted molar refractivity (Wildman–Crippen MR) is 406 cm³/mol. The van der Waals surface area contributed by atoms with Gasteiger partial charge in [0.1, 0.15) is 75.7 Å². The molecule has 1 saturated heterocycles. The minimum Gasteiger partial charge on any atom is -0.507 e. The van der Waals surface area contributed by atoms with Crippen molar-refractivity contribution in [2.24, 2.45) is 5.41 Å². The molecule has 15 heteroatoms. The zero-order valence-corrected chi connectivity index (χ0v) is 58.2. The lowest BCUT2D eigenvalue weighted by Crippen LogP contribution is -2.33. The molecule has 526 valence electrons. The minimum atomic E-state index is -0.753. The summed E-state index contributed by atoms with van der Waals surface area (Å²) in [5.41, 5.74) is 8.24. The highest BCUT2D eigenvalue weighted by Gasteiger charge is 2.33. The van der Waals surface area contributed by atoms with Crippen LogP contribution in [0.3, 0.4) is 0 Å². The van der Waals surface area contributed by atoms with Crippen LogP contribution in [-0.4, -0.2) is 66.6 Å². The van der Waals surface area contributed by atoms with Crippen molar-refractivity contribution in [1.82, 2.24) is 0 Å². The largest absolute Gasteiger partial charge is 0.507 e. The summed E-state index contributed by atoms with van der Waals surface area (Å²) in [5, 5.41) is 38.7. The number of phenols is 3. The monoisotopic (exact) mass is 1390 g/mol. The molecule has 0 bridgehead atoms. The van der Waals surface area contributed by atoms with Gasteiger partial charge < -0.3 is 53.2 Å². The molecule has 0 aliphatic carbocycles. The lowest BCUT2D eigenvalue weighted by atomic mass is 9.88. The van der Waals surface area contributed by atoms with Gasteiger partial charge in [-0.1, -0.05) is 233 Å². The van der Waals surface area contributed by atoms with E-state index in [1.807, 2.05) is 191 Å². The zero-order valence-electron chi connectivity index (χ0n) is 58.2. The number of fused-ring (bicyclic) bond motifs is 4. The van der Waals surface area contributed by atoms with E-state index in [9.17, 15) is 34.5 Å². The molecular formula is C89H80O15. The van der Waals surface area contributed by atoms with Crippen LogP contribution in [-0.2, 0) is 32.2 Å². The van der Waals surface area contributed by atoms with E-state index in [-0.39, 0.29) is 76.7 Å². The van der Waals surface area contributed by atoms with Crippen molar-refractivity contribution in [2.75, 3.05) is 27.4 Å². The van der Waals surface area contributed by atoms with Gasteiger partial charge in [-0.25, -0.2) is 19.2 Å². The van der Waals surface area contributed by atoms with Gasteiger partial charge in [0, 0.05) is 33.2 Å². The van der Waals surface area contributed by atoms with Crippen molar-refractivity contribution >= 4 is 67.0 Å². The quantitative estimate of drug-likeness (QED) is 0.0645. The maximum atomic E-state index is 13.8. The van der Waals surface area contributed by atoms with Crippen LogP contribution in [0, 0.1) is 33.1 Å². The number of esters is 4. The van der Waals surface area contributed by atoms with Gasteiger partial charge in [-0.2, -0.15) is 0 Å². The summed E-state index contributed by atoms with van der Waals surface area (Å²) in [6, 6.07) is 73.5. The van der Waals surface area contributed by atoms with E-state index in [1.54, 1.807) is 78.9 Å². The summed E-state index contributed by atoms with van der Waals surface area (Å²) < 4.78 is 46.1. The van der Waals surface area contributed by atoms with E-state index in [0.29, 0.717) is 74.4 Å². The van der Waals surface area contributed by atoms with Gasteiger partial charge in [-0.3, -0.25) is 0 Å². The van der Waals surface area contributed by atoms with Crippen molar-refractivity contribution in [2.45, 2.75) is 68.5 Å². The molecule has 0 saturated carbocycles. The molecule has 14 rings (SSSR count). The first kappa shape index (κ1) is 72.9. The number of hydrogen-bond donors (Lipinski definition) is 3. The predicted octanol–water partition coefficient (Wildman–Crippen LogP) is 20.2.